The van der Waals surface area contributed by atoms with Crippen molar-refractivity contribution in [3.63, 3.8) is 0 Å². The largest absolute Gasteiger partial charge is 0.460 e. The van der Waals surface area contributed by atoms with E-state index in [1.807, 2.05) is 0 Å². The summed E-state index contributed by atoms with van der Waals surface area (Å²) < 4.78 is 12.7. The minimum atomic E-state index is -2.21. The minimum Gasteiger partial charge on any atom is -0.417 e. The van der Waals surface area contributed by atoms with E-state index < -0.39 is 8.60 Å². The minimum absolute atomic E-state index is 0.144. The van der Waals surface area contributed by atoms with Crippen molar-refractivity contribution in [2.24, 2.45) is 0 Å². The van der Waals surface area contributed by atoms with Crippen LogP contribution in [0.2, 0.25) is 0 Å². The van der Waals surface area contributed by atoms with Crippen LogP contribution in [0.1, 0.15) is 116 Å². The Kier molecular flexibility index (Phi) is 7.99. The fraction of sp³-hybridized carbons (Fsp3) is 0.600. The van der Waals surface area contributed by atoms with Crippen LogP contribution in [0.4, 0.5) is 0 Å². The lowest BCUT2D eigenvalue weighted by Crippen LogP contribution is -2.21. The second kappa shape index (κ2) is 9.47. The van der Waals surface area contributed by atoms with E-state index >= 15 is 0 Å². The van der Waals surface area contributed by atoms with Gasteiger partial charge in [-0.2, -0.15) is 0 Å². The zero-order chi connectivity index (χ0) is 26.4. The van der Waals surface area contributed by atoms with Gasteiger partial charge in [0.1, 0.15) is 11.5 Å². The average Bonchev–Trinajstić information content (AvgIpc) is 2.60. The zero-order valence-electron chi connectivity index (χ0n) is 24.0. The molecule has 2 aromatic rings. The molecule has 190 valence electrons. The molecule has 4 heteroatoms. The lowest BCUT2D eigenvalue weighted by Gasteiger charge is -2.32. The van der Waals surface area contributed by atoms with Gasteiger partial charge in [-0.1, -0.05) is 118 Å². The zero-order valence-corrected chi connectivity index (χ0v) is 24.9. The number of hydrogen-bond acceptors (Lipinski definition) is 3. The molecule has 2 aromatic carbocycles. The molecule has 34 heavy (non-hydrogen) atoms. The van der Waals surface area contributed by atoms with Crippen LogP contribution in [0, 0.1) is 13.8 Å². The number of benzene rings is 2. The van der Waals surface area contributed by atoms with Gasteiger partial charge in [-0.3, -0.25) is 0 Å². The monoisotopic (exact) mass is 486 g/mol. The summed E-state index contributed by atoms with van der Waals surface area (Å²) in [5.41, 5.74) is 6.13. The second-order valence-electron chi connectivity index (χ2n) is 13.8. The van der Waals surface area contributed by atoms with Crippen LogP contribution in [0.25, 0.3) is 0 Å². The van der Waals surface area contributed by atoms with Crippen molar-refractivity contribution in [1.29, 1.82) is 0 Å². The molecule has 0 heterocycles. The van der Waals surface area contributed by atoms with Crippen LogP contribution in [0.5, 0.6) is 11.5 Å². The summed E-state index contributed by atoms with van der Waals surface area (Å²) in [4.78, 5) is 11.3. The van der Waals surface area contributed by atoms with E-state index in [0.717, 1.165) is 33.8 Å². The lowest BCUT2D eigenvalue weighted by molar-refractivity contribution is 0.360. The molecule has 0 radical (unpaired) electrons. The normalized spacial score (nSPS) is 13.4. The van der Waals surface area contributed by atoms with Crippen LogP contribution in [0.15, 0.2) is 24.3 Å². The van der Waals surface area contributed by atoms with Crippen molar-refractivity contribution in [3.05, 3.63) is 57.6 Å². The van der Waals surface area contributed by atoms with Gasteiger partial charge in [0.2, 0.25) is 0 Å². The van der Waals surface area contributed by atoms with Crippen molar-refractivity contribution in [1.82, 2.24) is 0 Å². The van der Waals surface area contributed by atoms with Crippen molar-refractivity contribution in [3.8, 4) is 11.5 Å². The Morgan fingerprint density at radius 2 is 0.706 bits per heavy atom. The number of aryl methyl sites for hydroxylation is 2. The molecular formula is C30H47O3P. The molecule has 0 aliphatic heterocycles. The Morgan fingerprint density at radius 1 is 0.500 bits per heavy atom. The molecule has 0 fully saturated rings. The molecule has 3 nitrogen and oxygen atoms in total. The van der Waals surface area contributed by atoms with Crippen LogP contribution < -0.4 is 9.05 Å². The topological polar surface area (TPSA) is 38.7 Å². The number of hydrogen-bond donors (Lipinski definition) is 1. The molecular weight excluding hydrogens is 439 g/mol. The maximum absolute atomic E-state index is 11.3. The molecule has 0 aromatic heterocycles. The summed E-state index contributed by atoms with van der Waals surface area (Å²) in [5, 5.41) is 0. The Hall–Kier alpha value is -1.57. The molecule has 0 amide bonds. The third-order valence-corrected chi connectivity index (χ3v) is 6.71. The third kappa shape index (κ3) is 6.76. The Labute approximate surface area is 210 Å². The van der Waals surface area contributed by atoms with Gasteiger partial charge >= 0.3 is 8.60 Å². The standard InChI is InChI=1S/C30H47O3P/c1-19-15-21(27(3,4)5)25(22(16-19)28(6,7)8)32-34(31)33-26-23(29(9,10)11)17-20(2)18-24(26)30(12,13)14/h15-18,31H,1-14H3. The van der Waals surface area contributed by atoms with Gasteiger partial charge in [0.05, 0.1) is 0 Å². The summed E-state index contributed by atoms with van der Waals surface area (Å²) in [7, 11) is -2.21. The first kappa shape index (κ1) is 28.7. The lowest BCUT2D eigenvalue weighted by atomic mass is 9.78. The van der Waals surface area contributed by atoms with E-state index in [0.29, 0.717) is 0 Å². The molecule has 0 bridgehead atoms. The van der Waals surface area contributed by atoms with Gasteiger partial charge in [-0.05, 0) is 35.5 Å². The molecule has 0 saturated carbocycles. The van der Waals surface area contributed by atoms with E-state index in [4.69, 9.17) is 9.05 Å². The van der Waals surface area contributed by atoms with Crippen LogP contribution >= 0.6 is 8.60 Å². The smallest absolute Gasteiger partial charge is 0.417 e. The van der Waals surface area contributed by atoms with Crippen molar-refractivity contribution in [2.75, 3.05) is 0 Å². The highest BCUT2D eigenvalue weighted by Crippen LogP contribution is 2.50. The maximum Gasteiger partial charge on any atom is 0.460 e. The summed E-state index contributed by atoms with van der Waals surface area (Å²) in [5.74, 6) is 1.47. The average molecular weight is 487 g/mol. The SMILES string of the molecule is Cc1cc(C(C)(C)C)c(OP(O)Oc2c(C(C)(C)C)cc(C)cc2C(C)(C)C)c(C(C)(C)C)c1. The molecule has 0 aliphatic carbocycles. The van der Waals surface area contributed by atoms with Crippen LogP contribution in [-0.4, -0.2) is 4.89 Å². The fourth-order valence-corrected chi connectivity index (χ4v) is 4.89. The highest BCUT2D eigenvalue weighted by atomic mass is 31.2. The summed E-state index contributed by atoms with van der Waals surface area (Å²) in [6, 6.07) is 8.67. The van der Waals surface area contributed by atoms with Gasteiger partial charge in [-0.15, -0.1) is 0 Å². The van der Waals surface area contributed by atoms with E-state index in [1.54, 1.807) is 0 Å². The summed E-state index contributed by atoms with van der Waals surface area (Å²) in [6.45, 7) is 30.4. The van der Waals surface area contributed by atoms with Crippen molar-refractivity contribution >= 4 is 8.60 Å². The maximum atomic E-state index is 11.3. The predicted octanol–water partition coefficient (Wildman–Crippen LogP) is 9.17. The predicted molar refractivity (Wildman–Crippen MR) is 148 cm³/mol. The molecule has 2 rings (SSSR count). The molecule has 0 spiro atoms. The van der Waals surface area contributed by atoms with E-state index in [2.05, 4.69) is 121 Å². The van der Waals surface area contributed by atoms with Crippen LogP contribution in [-0.2, 0) is 21.7 Å². The Balaban J connectivity index is 2.65. The van der Waals surface area contributed by atoms with Gasteiger partial charge in [0.25, 0.3) is 0 Å². The highest BCUT2D eigenvalue weighted by molar-refractivity contribution is 7.41. The molecule has 1 N–H and O–H groups in total. The number of rotatable bonds is 4. The van der Waals surface area contributed by atoms with Gasteiger partial charge in [0.15, 0.2) is 0 Å². The molecule has 0 unspecified atom stereocenters. The molecule has 0 atom stereocenters. The molecule has 0 aliphatic rings. The first-order chi connectivity index (χ1) is 15.1. The summed E-state index contributed by atoms with van der Waals surface area (Å²) >= 11 is 0. The first-order valence-corrected chi connectivity index (χ1v) is 13.4. The molecule has 0 saturated heterocycles. The fourth-order valence-electron chi connectivity index (χ4n) is 4.15. The van der Waals surface area contributed by atoms with Gasteiger partial charge in [0, 0.05) is 22.3 Å². The first-order valence-electron chi connectivity index (χ1n) is 12.3. The third-order valence-electron chi connectivity index (χ3n) is 6.04. The summed E-state index contributed by atoms with van der Waals surface area (Å²) in [6.07, 6.45) is 0. The van der Waals surface area contributed by atoms with Crippen molar-refractivity contribution < 1.29 is 13.9 Å². The van der Waals surface area contributed by atoms with E-state index in [-0.39, 0.29) is 21.7 Å². The van der Waals surface area contributed by atoms with Gasteiger partial charge in [-0.25, -0.2) is 0 Å². The van der Waals surface area contributed by atoms with E-state index in [9.17, 15) is 4.89 Å². The Bertz CT molecular complexity index is 871. The Morgan fingerprint density at radius 3 is 0.882 bits per heavy atom. The second-order valence-corrected chi connectivity index (χ2v) is 14.6. The van der Waals surface area contributed by atoms with Crippen LogP contribution in [0.3, 0.4) is 0 Å². The quantitative estimate of drug-likeness (QED) is 0.438. The van der Waals surface area contributed by atoms with Gasteiger partial charge < -0.3 is 13.9 Å². The highest BCUT2D eigenvalue weighted by Gasteiger charge is 2.33. The van der Waals surface area contributed by atoms with Crippen molar-refractivity contribution in [2.45, 2.75) is 119 Å². The van der Waals surface area contributed by atoms with E-state index in [1.165, 1.54) is 11.1 Å².